The van der Waals surface area contributed by atoms with Gasteiger partial charge in [-0.25, -0.2) is 4.39 Å². The van der Waals surface area contributed by atoms with Crippen LogP contribution in [0.5, 0.6) is 0 Å². The fraction of sp³-hybridized carbons (Fsp3) is 0.125. The summed E-state index contributed by atoms with van der Waals surface area (Å²) >= 11 is 0. The Morgan fingerprint density at radius 2 is 2.14 bits per heavy atom. The maximum Gasteiger partial charge on any atom is 0.489 e. The smallest absolute Gasteiger partial charge is 0.423 e. The topological polar surface area (TPSA) is 58.3 Å². The zero-order valence-corrected chi connectivity index (χ0v) is 7.48. The van der Waals surface area contributed by atoms with Crippen LogP contribution in [0.15, 0.2) is 18.3 Å². The summed E-state index contributed by atoms with van der Waals surface area (Å²) in [6.07, 6.45) is 1.55. The highest BCUT2D eigenvalue weighted by Gasteiger charge is 2.18. The minimum absolute atomic E-state index is 0.151. The molecule has 0 aliphatic heterocycles. The molecule has 2 aromatic rings. The van der Waals surface area contributed by atoms with Crippen molar-refractivity contribution in [3.63, 3.8) is 0 Å². The maximum absolute atomic E-state index is 13.2. The number of nitrogens with zero attached hydrogens (tertiary/aromatic N) is 2. The van der Waals surface area contributed by atoms with E-state index in [0.717, 1.165) is 0 Å². The molecule has 72 valence electrons. The fourth-order valence-electron chi connectivity index (χ4n) is 1.43. The Balaban J connectivity index is 2.81. The largest absolute Gasteiger partial charge is 0.489 e. The highest BCUT2D eigenvalue weighted by molar-refractivity contribution is 6.61. The zero-order chi connectivity index (χ0) is 10.3. The van der Waals surface area contributed by atoms with Crippen molar-refractivity contribution in [1.82, 2.24) is 9.78 Å². The standard InChI is InChI=1S/C8H8BFN2O2/c1-12-4-5-6(9(13)14)2-3-7(10)8(5)11-12/h2-4,13-14H,1H3. The second kappa shape index (κ2) is 3.07. The summed E-state index contributed by atoms with van der Waals surface area (Å²) in [4.78, 5) is 0. The van der Waals surface area contributed by atoms with E-state index in [9.17, 15) is 4.39 Å². The maximum atomic E-state index is 13.2. The number of aromatic nitrogens is 2. The van der Waals surface area contributed by atoms with Crippen LogP contribution < -0.4 is 5.46 Å². The quantitative estimate of drug-likeness (QED) is 0.595. The van der Waals surface area contributed by atoms with Crippen LogP contribution in [0, 0.1) is 5.82 Å². The van der Waals surface area contributed by atoms with Gasteiger partial charge in [0.05, 0.1) is 0 Å². The number of aryl methyl sites for hydroxylation is 1. The number of halogens is 1. The molecule has 2 N–H and O–H groups in total. The first-order valence-corrected chi connectivity index (χ1v) is 4.07. The summed E-state index contributed by atoms with van der Waals surface area (Å²) in [6, 6.07) is 2.51. The molecule has 0 aliphatic carbocycles. The van der Waals surface area contributed by atoms with E-state index in [0.29, 0.717) is 5.39 Å². The Bertz CT molecular complexity index is 483. The van der Waals surface area contributed by atoms with E-state index in [1.54, 1.807) is 13.2 Å². The lowest BCUT2D eigenvalue weighted by Crippen LogP contribution is -2.30. The molecule has 2 rings (SSSR count). The van der Waals surface area contributed by atoms with Crippen LogP contribution in [-0.4, -0.2) is 26.9 Å². The number of hydrogen-bond donors (Lipinski definition) is 2. The molecule has 0 amide bonds. The van der Waals surface area contributed by atoms with Gasteiger partial charge in [-0.05, 0) is 11.5 Å². The molecule has 0 spiro atoms. The van der Waals surface area contributed by atoms with Crippen LogP contribution in [-0.2, 0) is 7.05 Å². The highest BCUT2D eigenvalue weighted by Crippen LogP contribution is 2.13. The van der Waals surface area contributed by atoms with Gasteiger partial charge >= 0.3 is 7.12 Å². The van der Waals surface area contributed by atoms with Crippen molar-refractivity contribution in [3.8, 4) is 0 Å². The van der Waals surface area contributed by atoms with Crippen LogP contribution in [0.2, 0.25) is 0 Å². The van der Waals surface area contributed by atoms with Gasteiger partial charge in [-0.15, -0.1) is 0 Å². The molecule has 4 nitrogen and oxygen atoms in total. The molecule has 0 aliphatic rings. The first-order chi connectivity index (χ1) is 6.59. The van der Waals surface area contributed by atoms with Crippen molar-refractivity contribution in [1.29, 1.82) is 0 Å². The van der Waals surface area contributed by atoms with Crippen molar-refractivity contribution in [2.45, 2.75) is 0 Å². The van der Waals surface area contributed by atoms with Gasteiger partial charge in [0.25, 0.3) is 0 Å². The molecule has 0 fully saturated rings. The highest BCUT2D eigenvalue weighted by atomic mass is 19.1. The predicted octanol–water partition coefficient (Wildman–Crippen LogP) is -0.608. The van der Waals surface area contributed by atoms with Gasteiger partial charge in [0.1, 0.15) is 5.52 Å². The number of fused-ring (bicyclic) bond motifs is 1. The minimum Gasteiger partial charge on any atom is -0.423 e. The molecule has 0 bridgehead atoms. The third kappa shape index (κ3) is 1.28. The molecule has 6 heteroatoms. The monoisotopic (exact) mass is 194 g/mol. The van der Waals surface area contributed by atoms with Crippen molar-refractivity contribution in [2.75, 3.05) is 0 Å². The van der Waals surface area contributed by atoms with Crippen LogP contribution in [0.25, 0.3) is 10.9 Å². The van der Waals surface area contributed by atoms with E-state index in [2.05, 4.69) is 5.10 Å². The Morgan fingerprint density at radius 1 is 1.43 bits per heavy atom. The van der Waals surface area contributed by atoms with Gasteiger partial charge in [-0.3, -0.25) is 4.68 Å². The first kappa shape index (κ1) is 9.17. The molecule has 0 saturated heterocycles. The first-order valence-electron chi connectivity index (χ1n) is 4.07. The average molecular weight is 194 g/mol. The van der Waals surface area contributed by atoms with Crippen molar-refractivity contribution < 1.29 is 14.4 Å². The van der Waals surface area contributed by atoms with Gasteiger partial charge in [0, 0.05) is 18.6 Å². The molecule has 0 radical (unpaired) electrons. The van der Waals surface area contributed by atoms with Crippen LogP contribution in [0.3, 0.4) is 0 Å². The van der Waals surface area contributed by atoms with Crippen LogP contribution >= 0.6 is 0 Å². The summed E-state index contributed by atoms with van der Waals surface area (Å²) in [7, 11) is 0.0368. The Morgan fingerprint density at radius 3 is 2.79 bits per heavy atom. The molecular weight excluding hydrogens is 186 g/mol. The summed E-state index contributed by atoms with van der Waals surface area (Å²) < 4.78 is 14.6. The van der Waals surface area contributed by atoms with Crippen molar-refractivity contribution >= 4 is 23.5 Å². The zero-order valence-electron chi connectivity index (χ0n) is 7.48. The van der Waals surface area contributed by atoms with Gasteiger partial charge in [0.2, 0.25) is 0 Å². The lowest BCUT2D eigenvalue weighted by molar-refractivity contribution is 0.426. The number of benzene rings is 1. The molecule has 0 saturated carbocycles. The number of hydrogen-bond acceptors (Lipinski definition) is 3. The van der Waals surface area contributed by atoms with Crippen LogP contribution in [0.1, 0.15) is 0 Å². The number of rotatable bonds is 1. The van der Waals surface area contributed by atoms with Crippen LogP contribution in [0.4, 0.5) is 4.39 Å². The van der Waals surface area contributed by atoms with E-state index in [1.165, 1.54) is 16.8 Å². The predicted molar refractivity (Wildman–Crippen MR) is 50.5 cm³/mol. The third-order valence-electron chi connectivity index (χ3n) is 2.05. The van der Waals surface area contributed by atoms with Gasteiger partial charge in [0.15, 0.2) is 5.82 Å². The summed E-state index contributed by atoms with van der Waals surface area (Å²) in [6.45, 7) is 0. The lowest BCUT2D eigenvalue weighted by atomic mass is 9.78. The molecule has 0 atom stereocenters. The molecular formula is C8H8BFN2O2. The fourth-order valence-corrected chi connectivity index (χ4v) is 1.43. The Hall–Kier alpha value is -1.40. The normalized spacial score (nSPS) is 10.9. The van der Waals surface area contributed by atoms with Crippen molar-refractivity contribution in [3.05, 3.63) is 24.1 Å². The van der Waals surface area contributed by atoms with Gasteiger partial charge in [-0.1, -0.05) is 6.07 Å². The molecule has 14 heavy (non-hydrogen) atoms. The minimum atomic E-state index is -1.61. The third-order valence-corrected chi connectivity index (χ3v) is 2.05. The molecule has 1 aromatic carbocycles. The van der Waals surface area contributed by atoms with E-state index in [-0.39, 0.29) is 11.0 Å². The van der Waals surface area contributed by atoms with Gasteiger partial charge in [-0.2, -0.15) is 5.10 Å². The summed E-state index contributed by atoms with van der Waals surface area (Å²) in [5.74, 6) is -0.468. The summed E-state index contributed by atoms with van der Waals surface area (Å²) in [5, 5.41) is 22.3. The van der Waals surface area contributed by atoms with Gasteiger partial charge < -0.3 is 10.0 Å². The second-order valence-corrected chi connectivity index (χ2v) is 3.08. The molecule has 1 heterocycles. The van der Waals surface area contributed by atoms with E-state index in [1.807, 2.05) is 0 Å². The molecule has 1 aromatic heterocycles. The molecule has 0 unspecified atom stereocenters. The lowest BCUT2D eigenvalue weighted by Gasteiger charge is -2.00. The van der Waals surface area contributed by atoms with E-state index < -0.39 is 12.9 Å². The SMILES string of the molecule is Cn1cc2c(B(O)O)ccc(F)c2n1. The summed E-state index contributed by atoms with van der Waals surface area (Å²) in [5.41, 5.74) is 0.410. The average Bonchev–Trinajstić information content (AvgIpc) is 2.47. The second-order valence-electron chi connectivity index (χ2n) is 3.08. The van der Waals surface area contributed by atoms with E-state index >= 15 is 0 Å². The van der Waals surface area contributed by atoms with Crippen molar-refractivity contribution in [2.24, 2.45) is 7.05 Å². The van der Waals surface area contributed by atoms with E-state index in [4.69, 9.17) is 10.0 Å². The Labute approximate surface area is 79.7 Å². The Kier molecular flexibility index (Phi) is 2.01.